The van der Waals surface area contributed by atoms with Gasteiger partial charge >= 0.3 is 0 Å². The third kappa shape index (κ3) is 4.72. The number of rotatable bonds is 8. The quantitative estimate of drug-likeness (QED) is 0.392. The first-order valence-corrected chi connectivity index (χ1v) is 10.8. The Balaban J connectivity index is 1.37. The van der Waals surface area contributed by atoms with Crippen molar-refractivity contribution in [1.82, 2.24) is 25.8 Å². The first kappa shape index (κ1) is 20.2. The molecule has 0 radical (unpaired) electrons. The predicted molar refractivity (Wildman–Crippen MR) is 118 cm³/mol. The summed E-state index contributed by atoms with van der Waals surface area (Å²) in [6, 6.07) is 14.5. The summed E-state index contributed by atoms with van der Waals surface area (Å²) in [6.45, 7) is 4.44. The van der Waals surface area contributed by atoms with Crippen LogP contribution >= 0.6 is 0 Å². The lowest BCUT2D eigenvalue weighted by atomic mass is 9.79. The molecule has 1 fully saturated rings. The Bertz CT molecular complexity index is 926. The number of benzene rings is 1. The molecule has 1 saturated carbocycles. The predicted octanol–water partition coefficient (Wildman–Crippen LogP) is 3.67. The van der Waals surface area contributed by atoms with Gasteiger partial charge in [0.05, 0.1) is 12.8 Å². The van der Waals surface area contributed by atoms with E-state index in [1.807, 2.05) is 12.1 Å². The maximum absolute atomic E-state index is 5.34. The van der Waals surface area contributed by atoms with E-state index in [4.69, 9.17) is 9.41 Å². The molecule has 2 aromatic heterocycles. The molecule has 30 heavy (non-hydrogen) atoms. The Labute approximate surface area is 177 Å². The molecule has 0 aliphatic heterocycles. The fraction of sp³-hybridized carbons (Fsp3) is 0.435. The first-order chi connectivity index (χ1) is 14.8. The second kappa shape index (κ2) is 9.61. The zero-order chi connectivity index (χ0) is 20.7. The first-order valence-electron chi connectivity index (χ1n) is 10.8. The fourth-order valence-electron chi connectivity index (χ4n) is 4.18. The minimum Gasteiger partial charge on any atom is -0.461 e. The van der Waals surface area contributed by atoms with Crippen molar-refractivity contribution in [2.24, 2.45) is 4.99 Å². The minimum atomic E-state index is 0.159. The third-order valence-electron chi connectivity index (χ3n) is 5.76. The van der Waals surface area contributed by atoms with Gasteiger partial charge in [-0.25, -0.2) is 4.98 Å². The average molecular weight is 407 g/mol. The molecular weight excluding hydrogens is 376 g/mol. The number of nitrogens with one attached hydrogen (secondary N) is 3. The second-order valence-electron chi connectivity index (χ2n) is 7.81. The molecule has 0 atom stereocenters. The SMILES string of the molecule is CCNC(=NCC1(c2ccccc2)CCCC1)NCCc1nc(-c2ccco2)n[nH]1. The van der Waals surface area contributed by atoms with Crippen molar-refractivity contribution in [3.8, 4) is 11.6 Å². The Hall–Kier alpha value is -3.09. The fourth-order valence-corrected chi connectivity index (χ4v) is 4.18. The lowest BCUT2D eigenvalue weighted by Crippen LogP contribution is -2.39. The van der Waals surface area contributed by atoms with Crippen LogP contribution in [-0.2, 0) is 11.8 Å². The van der Waals surface area contributed by atoms with E-state index >= 15 is 0 Å². The molecule has 2 heterocycles. The number of hydrogen-bond acceptors (Lipinski definition) is 4. The number of aromatic nitrogens is 3. The highest BCUT2D eigenvalue weighted by Gasteiger charge is 2.35. The molecule has 0 bridgehead atoms. The van der Waals surface area contributed by atoms with Crippen molar-refractivity contribution in [2.45, 2.75) is 44.4 Å². The van der Waals surface area contributed by atoms with Crippen molar-refractivity contribution in [3.05, 3.63) is 60.1 Å². The second-order valence-corrected chi connectivity index (χ2v) is 7.81. The highest BCUT2D eigenvalue weighted by atomic mass is 16.3. The van der Waals surface area contributed by atoms with Crippen LogP contribution in [0.3, 0.4) is 0 Å². The number of H-pyrrole nitrogens is 1. The van der Waals surface area contributed by atoms with E-state index in [1.165, 1.54) is 31.2 Å². The summed E-state index contributed by atoms with van der Waals surface area (Å²) in [5, 5.41) is 14.0. The molecule has 1 aliphatic carbocycles. The van der Waals surface area contributed by atoms with Crippen molar-refractivity contribution >= 4 is 5.96 Å². The van der Waals surface area contributed by atoms with Crippen molar-refractivity contribution in [1.29, 1.82) is 0 Å². The van der Waals surface area contributed by atoms with Gasteiger partial charge < -0.3 is 15.1 Å². The van der Waals surface area contributed by atoms with Crippen LogP contribution in [0.25, 0.3) is 11.6 Å². The van der Waals surface area contributed by atoms with Crippen LogP contribution in [0.15, 0.2) is 58.1 Å². The van der Waals surface area contributed by atoms with E-state index in [0.717, 1.165) is 37.8 Å². The molecule has 0 spiro atoms. The van der Waals surface area contributed by atoms with Gasteiger partial charge in [0.2, 0.25) is 5.82 Å². The lowest BCUT2D eigenvalue weighted by Gasteiger charge is -2.28. The zero-order valence-electron chi connectivity index (χ0n) is 17.5. The Morgan fingerprint density at radius 1 is 1.13 bits per heavy atom. The Morgan fingerprint density at radius 3 is 2.70 bits per heavy atom. The highest BCUT2D eigenvalue weighted by molar-refractivity contribution is 5.79. The molecule has 7 heteroatoms. The summed E-state index contributed by atoms with van der Waals surface area (Å²) in [7, 11) is 0. The van der Waals surface area contributed by atoms with E-state index in [-0.39, 0.29) is 5.41 Å². The van der Waals surface area contributed by atoms with Crippen LogP contribution in [0.4, 0.5) is 0 Å². The molecule has 0 unspecified atom stereocenters. The van der Waals surface area contributed by atoms with Gasteiger partial charge in [-0.3, -0.25) is 10.1 Å². The number of furan rings is 1. The smallest absolute Gasteiger partial charge is 0.216 e. The van der Waals surface area contributed by atoms with E-state index in [9.17, 15) is 0 Å². The number of hydrogen-bond donors (Lipinski definition) is 3. The highest BCUT2D eigenvalue weighted by Crippen LogP contribution is 2.41. The van der Waals surface area contributed by atoms with E-state index in [2.05, 4.69) is 63.1 Å². The number of aromatic amines is 1. The number of guanidine groups is 1. The molecule has 3 aromatic rings. The molecule has 1 aromatic carbocycles. The molecule has 4 rings (SSSR count). The van der Waals surface area contributed by atoms with Crippen molar-refractivity contribution in [3.63, 3.8) is 0 Å². The van der Waals surface area contributed by atoms with Gasteiger partial charge in [0.1, 0.15) is 5.82 Å². The average Bonchev–Trinajstić information content (AvgIpc) is 3.55. The maximum atomic E-state index is 5.34. The van der Waals surface area contributed by atoms with Crippen LogP contribution in [0.2, 0.25) is 0 Å². The summed E-state index contributed by atoms with van der Waals surface area (Å²) >= 11 is 0. The largest absolute Gasteiger partial charge is 0.461 e. The molecule has 0 amide bonds. The maximum Gasteiger partial charge on any atom is 0.216 e. The lowest BCUT2D eigenvalue weighted by molar-refractivity contribution is 0.452. The topological polar surface area (TPSA) is 91.1 Å². The Kier molecular flexibility index (Phi) is 6.47. The Morgan fingerprint density at radius 2 is 1.97 bits per heavy atom. The van der Waals surface area contributed by atoms with E-state index in [1.54, 1.807) is 6.26 Å². The molecule has 0 saturated heterocycles. The van der Waals surface area contributed by atoms with Crippen LogP contribution in [0.1, 0.15) is 44.0 Å². The van der Waals surface area contributed by atoms with E-state index in [0.29, 0.717) is 11.6 Å². The molecule has 3 N–H and O–H groups in total. The van der Waals surface area contributed by atoms with E-state index < -0.39 is 0 Å². The summed E-state index contributed by atoms with van der Waals surface area (Å²) < 4.78 is 5.34. The third-order valence-corrected chi connectivity index (χ3v) is 5.76. The molecule has 158 valence electrons. The van der Waals surface area contributed by atoms with Gasteiger partial charge in [0.15, 0.2) is 11.7 Å². The normalized spacial score (nSPS) is 16.0. The zero-order valence-corrected chi connectivity index (χ0v) is 17.5. The minimum absolute atomic E-state index is 0.159. The van der Waals surface area contributed by atoms with Gasteiger partial charge in [-0.05, 0) is 37.5 Å². The number of nitrogens with zero attached hydrogens (tertiary/aromatic N) is 3. The molecular formula is C23H30N6O. The van der Waals surface area contributed by atoms with Crippen molar-refractivity contribution < 1.29 is 4.42 Å². The van der Waals surface area contributed by atoms with Crippen LogP contribution in [0, 0.1) is 0 Å². The van der Waals surface area contributed by atoms with Gasteiger partial charge in [-0.15, -0.1) is 0 Å². The van der Waals surface area contributed by atoms with Crippen LogP contribution < -0.4 is 10.6 Å². The molecule has 7 nitrogen and oxygen atoms in total. The van der Waals surface area contributed by atoms with Gasteiger partial charge in [0, 0.05) is 24.9 Å². The van der Waals surface area contributed by atoms with Gasteiger partial charge in [0.25, 0.3) is 0 Å². The van der Waals surface area contributed by atoms with Crippen LogP contribution in [-0.4, -0.2) is 40.8 Å². The monoisotopic (exact) mass is 406 g/mol. The summed E-state index contributed by atoms with van der Waals surface area (Å²) in [5.41, 5.74) is 1.57. The van der Waals surface area contributed by atoms with Crippen molar-refractivity contribution in [2.75, 3.05) is 19.6 Å². The number of aliphatic imine (C=N–C) groups is 1. The summed E-state index contributed by atoms with van der Waals surface area (Å²) in [4.78, 5) is 9.45. The van der Waals surface area contributed by atoms with Crippen LogP contribution in [0.5, 0.6) is 0 Å². The van der Waals surface area contributed by atoms with Gasteiger partial charge in [-0.1, -0.05) is 43.2 Å². The summed E-state index contributed by atoms with van der Waals surface area (Å²) in [6.07, 6.45) is 7.30. The standard InChI is InChI=1S/C23H30N6O/c1-2-24-22(25-15-12-20-27-21(29-28-20)19-11-8-16-30-19)26-17-23(13-6-7-14-23)18-9-4-3-5-10-18/h3-5,8-11,16H,2,6-7,12-15,17H2,1H3,(H2,24,25,26)(H,27,28,29). The van der Waals surface area contributed by atoms with Gasteiger partial charge in [-0.2, -0.15) is 5.10 Å². The molecule has 1 aliphatic rings. The summed E-state index contributed by atoms with van der Waals surface area (Å²) in [5.74, 6) is 2.93.